The number of hydrogen-bond donors (Lipinski definition) is 1. The Bertz CT molecular complexity index is 652. The van der Waals surface area contributed by atoms with Crippen molar-refractivity contribution in [3.8, 4) is 0 Å². The van der Waals surface area contributed by atoms with Gasteiger partial charge in [0.2, 0.25) is 6.23 Å². The van der Waals surface area contributed by atoms with Crippen molar-refractivity contribution in [2.45, 2.75) is 50.9 Å². The highest BCUT2D eigenvalue weighted by Crippen LogP contribution is 2.41. The Hall–Kier alpha value is -2.23. The molecule has 0 radical (unpaired) electrons. The highest BCUT2D eigenvalue weighted by Gasteiger charge is 2.52. The van der Waals surface area contributed by atoms with Crippen molar-refractivity contribution in [1.29, 1.82) is 0 Å². The van der Waals surface area contributed by atoms with Gasteiger partial charge in [-0.2, -0.15) is 4.98 Å². The lowest BCUT2D eigenvalue weighted by molar-refractivity contribution is -0.121. The smallest absolute Gasteiger partial charge is 0.434 e. The van der Waals surface area contributed by atoms with Gasteiger partial charge in [0, 0.05) is 12.6 Å². The first-order valence-corrected chi connectivity index (χ1v) is 8.01. The third-order valence-electron chi connectivity index (χ3n) is 3.64. The molecule has 1 fully saturated rings. The van der Waals surface area contributed by atoms with Crippen LogP contribution < -0.4 is 11.4 Å². The van der Waals surface area contributed by atoms with Crippen molar-refractivity contribution in [3.05, 3.63) is 22.7 Å². The number of unbranched alkanes of at least 4 members (excludes halogenated alkanes) is 2. The van der Waals surface area contributed by atoms with E-state index in [0.717, 1.165) is 19.0 Å². The molecule has 0 aliphatic carbocycles. The molecule has 0 amide bonds. The fraction of sp³-hybridized carbons (Fsp3) is 0.667. The first-order valence-electron chi connectivity index (χ1n) is 8.01. The van der Waals surface area contributed by atoms with Crippen LogP contribution in [-0.2, 0) is 14.2 Å². The summed E-state index contributed by atoms with van der Waals surface area (Å²) in [6.07, 6.45) is -0.834. The number of halogens is 2. The first-order chi connectivity index (χ1) is 11.8. The lowest BCUT2D eigenvalue weighted by Gasteiger charge is -2.19. The molecule has 2 rings (SSSR count). The normalized spacial score (nSPS) is 21.9. The molecule has 1 aromatic heterocycles. The number of nitrogens with zero attached hydrogens (tertiary/aromatic N) is 2. The Morgan fingerprint density at radius 3 is 2.92 bits per heavy atom. The van der Waals surface area contributed by atoms with Crippen LogP contribution >= 0.6 is 0 Å². The van der Waals surface area contributed by atoms with Gasteiger partial charge in [0.25, 0.3) is 5.92 Å². The number of ether oxygens (including phenoxy) is 3. The van der Waals surface area contributed by atoms with E-state index in [2.05, 4.69) is 4.98 Å². The van der Waals surface area contributed by atoms with Crippen molar-refractivity contribution in [2.24, 2.45) is 0 Å². The van der Waals surface area contributed by atoms with Crippen molar-refractivity contribution < 1.29 is 27.8 Å². The summed E-state index contributed by atoms with van der Waals surface area (Å²) < 4.78 is 43.7. The SMILES string of the molecule is CCCCCOC(=O)OC[C@@H]1CC(F)(F)[C@H](n2ccc(N)nc2=O)O1. The summed E-state index contributed by atoms with van der Waals surface area (Å²) in [7, 11) is 0. The van der Waals surface area contributed by atoms with Gasteiger partial charge in [0.05, 0.1) is 6.61 Å². The van der Waals surface area contributed by atoms with Gasteiger partial charge in [-0.05, 0) is 12.5 Å². The van der Waals surface area contributed by atoms with E-state index in [-0.39, 0.29) is 12.4 Å². The number of carbonyl (C=O) groups excluding carboxylic acids is 1. The number of rotatable bonds is 7. The minimum atomic E-state index is -3.32. The lowest BCUT2D eigenvalue weighted by atomic mass is 10.2. The molecule has 0 unspecified atom stereocenters. The van der Waals surface area contributed by atoms with Gasteiger partial charge < -0.3 is 19.9 Å². The summed E-state index contributed by atoms with van der Waals surface area (Å²) >= 11 is 0. The fourth-order valence-corrected chi connectivity index (χ4v) is 2.42. The van der Waals surface area contributed by atoms with Crippen molar-refractivity contribution in [2.75, 3.05) is 18.9 Å². The van der Waals surface area contributed by atoms with Gasteiger partial charge >= 0.3 is 11.8 Å². The first kappa shape index (κ1) is 19.1. The molecule has 8 nitrogen and oxygen atoms in total. The molecule has 0 aromatic carbocycles. The summed E-state index contributed by atoms with van der Waals surface area (Å²) in [5.74, 6) is -3.39. The Labute approximate surface area is 142 Å². The van der Waals surface area contributed by atoms with Crippen molar-refractivity contribution in [1.82, 2.24) is 9.55 Å². The summed E-state index contributed by atoms with van der Waals surface area (Å²) in [6, 6.07) is 1.22. The molecular weight excluding hydrogens is 340 g/mol. The number of hydrogen-bond acceptors (Lipinski definition) is 7. The zero-order chi connectivity index (χ0) is 18.4. The Balaban J connectivity index is 1.89. The molecule has 1 aromatic rings. The molecule has 1 aliphatic heterocycles. The Morgan fingerprint density at radius 1 is 1.48 bits per heavy atom. The molecule has 25 heavy (non-hydrogen) atoms. The Morgan fingerprint density at radius 2 is 2.24 bits per heavy atom. The summed E-state index contributed by atoms with van der Waals surface area (Å²) in [4.78, 5) is 26.5. The predicted molar refractivity (Wildman–Crippen MR) is 83.2 cm³/mol. The predicted octanol–water partition coefficient (Wildman–Crippen LogP) is 2.09. The van der Waals surface area contributed by atoms with Crippen LogP contribution in [0.4, 0.5) is 19.4 Å². The van der Waals surface area contributed by atoms with Crippen LogP contribution in [0.15, 0.2) is 17.1 Å². The topological polar surface area (TPSA) is 106 Å². The molecule has 2 N–H and O–H groups in total. The monoisotopic (exact) mass is 361 g/mol. The molecule has 2 heterocycles. The third kappa shape index (κ3) is 5.12. The van der Waals surface area contributed by atoms with Gasteiger partial charge in [-0.3, -0.25) is 4.57 Å². The second-order valence-corrected chi connectivity index (χ2v) is 5.73. The molecule has 0 saturated carbocycles. The van der Waals surface area contributed by atoms with Gasteiger partial charge in [0.15, 0.2) is 0 Å². The van der Waals surface area contributed by atoms with Crippen LogP contribution in [0.3, 0.4) is 0 Å². The number of carbonyl (C=O) groups is 1. The van der Waals surface area contributed by atoms with E-state index in [9.17, 15) is 18.4 Å². The number of nitrogen functional groups attached to an aromatic ring is 1. The lowest BCUT2D eigenvalue weighted by Crippen LogP contribution is -2.35. The zero-order valence-corrected chi connectivity index (χ0v) is 13.8. The largest absolute Gasteiger partial charge is 0.508 e. The van der Waals surface area contributed by atoms with Gasteiger partial charge in [-0.25, -0.2) is 18.4 Å². The van der Waals surface area contributed by atoms with Gasteiger partial charge in [0.1, 0.15) is 18.5 Å². The van der Waals surface area contributed by atoms with Crippen LogP contribution in [0.5, 0.6) is 0 Å². The summed E-state index contributed by atoms with van der Waals surface area (Å²) in [5.41, 5.74) is 4.39. The average Bonchev–Trinajstić information content (AvgIpc) is 2.84. The number of alkyl halides is 2. The van der Waals surface area contributed by atoms with E-state index in [4.69, 9.17) is 19.9 Å². The maximum Gasteiger partial charge on any atom is 0.508 e. The van der Waals surface area contributed by atoms with Crippen LogP contribution in [0.25, 0.3) is 0 Å². The number of nitrogens with two attached hydrogens (primary N) is 1. The molecule has 140 valence electrons. The van der Waals surface area contributed by atoms with E-state index >= 15 is 0 Å². The van der Waals surface area contributed by atoms with E-state index in [1.54, 1.807) is 0 Å². The van der Waals surface area contributed by atoms with Gasteiger partial charge in [-0.15, -0.1) is 0 Å². The molecular formula is C15H21F2N3O5. The van der Waals surface area contributed by atoms with E-state index in [1.807, 2.05) is 6.92 Å². The van der Waals surface area contributed by atoms with E-state index in [1.165, 1.54) is 6.07 Å². The zero-order valence-electron chi connectivity index (χ0n) is 13.8. The van der Waals surface area contributed by atoms with Gasteiger partial charge in [-0.1, -0.05) is 19.8 Å². The minimum Gasteiger partial charge on any atom is -0.434 e. The maximum absolute atomic E-state index is 14.1. The van der Waals surface area contributed by atoms with E-state index < -0.39 is 43.1 Å². The molecule has 0 bridgehead atoms. The minimum absolute atomic E-state index is 0.0757. The molecule has 2 atom stereocenters. The highest BCUT2D eigenvalue weighted by molar-refractivity contribution is 5.59. The van der Waals surface area contributed by atoms with Crippen molar-refractivity contribution >= 4 is 12.0 Å². The molecule has 10 heteroatoms. The second kappa shape index (κ2) is 8.24. The molecule has 1 saturated heterocycles. The van der Waals surface area contributed by atoms with Crippen LogP contribution in [0.2, 0.25) is 0 Å². The molecule has 1 aliphatic rings. The van der Waals surface area contributed by atoms with E-state index in [0.29, 0.717) is 11.0 Å². The summed E-state index contributed by atoms with van der Waals surface area (Å²) in [6.45, 7) is 1.83. The quantitative estimate of drug-likeness (QED) is 0.585. The fourth-order valence-electron chi connectivity index (χ4n) is 2.42. The highest BCUT2D eigenvalue weighted by atomic mass is 19.3. The third-order valence-corrected chi connectivity index (χ3v) is 3.64. The maximum atomic E-state index is 14.1. The standard InChI is InChI=1S/C15H21F2N3O5/c1-2-3-4-7-23-14(22)24-9-10-8-15(16,17)12(25-10)20-6-5-11(18)19-13(20)21/h5-6,10,12H,2-4,7-9H2,1H3,(H2,18,19,21)/t10-,12+/m0/s1. The Kier molecular flexibility index (Phi) is 6.29. The average molecular weight is 361 g/mol. The van der Waals surface area contributed by atoms with Crippen molar-refractivity contribution in [3.63, 3.8) is 0 Å². The van der Waals surface area contributed by atoms with Crippen LogP contribution in [0, 0.1) is 0 Å². The summed E-state index contributed by atoms with van der Waals surface area (Å²) in [5, 5.41) is 0. The van der Waals surface area contributed by atoms with Crippen LogP contribution in [0.1, 0.15) is 38.8 Å². The molecule has 0 spiro atoms. The van der Waals surface area contributed by atoms with Crippen LogP contribution in [-0.4, -0.2) is 40.9 Å². The number of aromatic nitrogens is 2. The number of anilines is 1. The second-order valence-electron chi connectivity index (χ2n) is 5.73.